The van der Waals surface area contributed by atoms with Crippen LogP contribution in [0.25, 0.3) is 86.3 Å². The molecule has 12 rings (SSSR count). The van der Waals surface area contributed by atoms with Gasteiger partial charge >= 0.3 is 0 Å². The molecule has 1 atom stereocenters. The van der Waals surface area contributed by atoms with E-state index < -0.39 is 6.17 Å². The first-order valence-electron chi connectivity index (χ1n) is 20.3. The molecule has 60 heavy (non-hydrogen) atoms. The molecule has 9 aromatic carbocycles. The summed E-state index contributed by atoms with van der Waals surface area (Å²) in [6.45, 7) is 0. The molecule has 4 nitrogen and oxygen atoms in total. The van der Waals surface area contributed by atoms with E-state index in [4.69, 9.17) is 14.4 Å². The summed E-state index contributed by atoms with van der Waals surface area (Å²) < 4.78 is 8.95. The zero-order chi connectivity index (χ0) is 39.6. The van der Waals surface area contributed by atoms with Crippen molar-refractivity contribution < 1.29 is 4.42 Å². The van der Waals surface area contributed by atoms with Crippen LogP contribution in [0.5, 0.6) is 0 Å². The number of nitrogens with one attached hydrogen (secondary N) is 1. The van der Waals surface area contributed by atoms with Gasteiger partial charge in [-0.2, -0.15) is 0 Å². The summed E-state index contributed by atoms with van der Waals surface area (Å²) in [5, 5.41) is 10.8. The summed E-state index contributed by atoms with van der Waals surface area (Å²) >= 11 is 1.88. The smallest absolute Gasteiger partial charge is 0.159 e. The Morgan fingerprint density at radius 3 is 1.83 bits per heavy atom. The summed E-state index contributed by atoms with van der Waals surface area (Å²) in [5.41, 5.74) is 11.8. The fraction of sp³-hybridized carbons (Fsp3) is 0.0182. The second kappa shape index (κ2) is 14.0. The highest BCUT2D eigenvalue weighted by atomic mass is 32.1. The molecule has 5 heteroatoms. The van der Waals surface area contributed by atoms with Crippen molar-refractivity contribution in [3.8, 4) is 33.4 Å². The molecule has 3 heterocycles. The number of thiophene rings is 1. The molecule has 0 aliphatic carbocycles. The van der Waals surface area contributed by atoms with E-state index in [1.807, 2.05) is 29.5 Å². The quantitative estimate of drug-likeness (QED) is 0.183. The van der Waals surface area contributed by atoms with Crippen LogP contribution in [-0.4, -0.2) is 11.7 Å². The van der Waals surface area contributed by atoms with Crippen LogP contribution in [0.2, 0.25) is 0 Å². The Hall–Kier alpha value is -7.60. The molecule has 2 aromatic heterocycles. The first kappa shape index (κ1) is 34.4. The van der Waals surface area contributed by atoms with Crippen molar-refractivity contribution in [2.24, 2.45) is 9.98 Å². The summed E-state index contributed by atoms with van der Waals surface area (Å²) in [6, 6.07) is 71.0. The fourth-order valence-corrected chi connectivity index (χ4v) is 10.2. The van der Waals surface area contributed by atoms with Crippen molar-refractivity contribution >= 4 is 75.9 Å². The predicted molar refractivity (Wildman–Crippen MR) is 252 cm³/mol. The number of hydrogen-bond acceptors (Lipinski definition) is 5. The molecule has 0 saturated heterocycles. The Bertz CT molecular complexity index is 3530. The Kier molecular flexibility index (Phi) is 8.06. The van der Waals surface area contributed by atoms with Crippen molar-refractivity contribution in [2.45, 2.75) is 6.17 Å². The highest BCUT2D eigenvalue weighted by Crippen LogP contribution is 2.45. The number of benzene rings is 9. The average molecular weight is 786 g/mol. The van der Waals surface area contributed by atoms with Crippen molar-refractivity contribution in [3.05, 3.63) is 217 Å². The Morgan fingerprint density at radius 2 is 1.03 bits per heavy atom. The van der Waals surface area contributed by atoms with Gasteiger partial charge in [-0.1, -0.05) is 164 Å². The topological polar surface area (TPSA) is 49.9 Å². The van der Waals surface area contributed by atoms with E-state index in [-0.39, 0.29) is 0 Å². The normalized spacial score (nSPS) is 14.2. The maximum Gasteiger partial charge on any atom is 0.159 e. The van der Waals surface area contributed by atoms with E-state index in [1.165, 1.54) is 36.9 Å². The molecule has 1 unspecified atom stereocenters. The van der Waals surface area contributed by atoms with Crippen LogP contribution in [0.1, 0.15) is 22.9 Å². The van der Waals surface area contributed by atoms with Crippen LogP contribution >= 0.6 is 11.3 Å². The molecule has 11 aromatic rings. The summed E-state index contributed by atoms with van der Waals surface area (Å²) in [7, 11) is 0. The molecule has 1 aliphatic heterocycles. The van der Waals surface area contributed by atoms with Crippen molar-refractivity contribution in [1.82, 2.24) is 5.32 Å². The molecule has 0 spiro atoms. The first-order valence-corrected chi connectivity index (χ1v) is 21.1. The number of rotatable bonds is 6. The highest BCUT2D eigenvalue weighted by Gasteiger charge is 2.25. The van der Waals surface area contributed by atoms with E-state index in [1.54, 1.807) is 0 Å². The minimum absolute atomic E-state index is 0.435. The van der Waals surface area contributed by atoms with Crippen LogP contribution in [-0.2, 0) is 0 Å². The Balaban J connectivity index is 1.04. The molecule has 0 saturated carbocycles. The summed E-state index contributed by atoms with van der Waals surface area (Å²) in [5.74, 6) is 1.41. The summed E-state index contributed by atoms with van der Waals surface area (Å²) in [6.07, 6.45) is -0.435. The van der Waals surface area contributed by atoms with Gasteiger partial charge in [-0.05, 0) is 80.6 Å². The van der Waals surface area contributed by atoms with Gasteiger partial charge in [0.15, 0.2) is 5.84 Å². The van der Waals surface area contributed by atoms with Crippen LogP contribution < -0.4 is 5.32 Å². The maximum atomic E-state index is 6.37. The zero-order valence-corrected chi connectivity index (χ0v) is 33.2. The fourth-order valence-electron chi connectivity index (χ4n) is 8.84. The number of para-hydroxylation sites is 1. The van der Waals surface area contributed by atoms with Crippen LogP contribution in [0, 0.1) is 0 Å². The number of aliphatic imine (C=N–C) groups is 2. The Morgan fingerprint density at radius 1 is 0.417 bits per heavy atom. The maximum absolute atomic E-state index is 6.37. The zero-order valence-electron chi connectivity index (χ0n) is 32.3. The number of nitrogens with zero attached hydrogens (tertiary/aromatic N) is 2. The molecule has 0 radical (unpaired) electrons. The lowest BCUT2D eigenvalue weighted by Gasteiger charge is -2.25. The van der Waals surface area contributed by atoms with Crippen molar-refractivity contribution in [1.29, 1.82) is 0 Å². The van der Waals surface area contributed by atoms with Crippen molar-refractivity contribution in [2.75, 3.05) is 0 Å². The van der Waals surface area contributed by atoms with E-state index in [9.17, 15) is 0 Å². The van der Waals surface area contributed by atoms with Crippen LogP contribution in [0.15, 0.2) is 215 Å². The van der Waals surface area contributed by atoms with Gasteiger partial charge in [0.1, 0.15) is 23.2 Å². The number of amidine groups is 2. The highest BCUT2D eigenvalue weighted by molar-refractivity contribution is 7.26. The van der Waals surface area contributed by atoms with Crippen LogP contribution in [0.3, 0.4) is 0 Å². The van der Waals surface area contributed by atoms with E-state index in [2.05, 4.69) is 187 Å². The monoisotopic (exact) mass is 785 g/mol. The van der Waals surface area contributed by atoms with Gasteiger partial charge in [-0.3, -0.25) is 0 Å². The number of furan rings is 1. The molecule has 0 fully saturated rings. The minimum atomic E-state index is -0.435. The SMILES string of the molecule is c1ccc(-c2cccc(C3=NC(c4cc(-c5cccc6c5sc5c(-c7ccccc7)cccc56)cc5ccccc45)NC(c4ccc5c(c4)oc4ccccc45)=N3)c2)cc1. The molecule has 282 valence electrons. The molecular weight excluding hydrogens is 751 g/mol. The van der Waals surface area contributed by atoms with Crippen molar-refractivity contribution in [3.63, 3.8) is 0 Å². The second-order valence-corrected chi connectivity index (χ2v) is 16.4. The van der Waals surface area contributed by atoms with Gasteiger partial charge in [0.2, 0.25) is 0 Å². The third-order valence-electron chi connectivity index (χ3n) is 11.7. The molecule has 0 bridgehead atoms. The Labute approximate surface area is 350 Å². The lowest BCUT2D eigenvalue weighted by molar-refractivity contribution is 0.667. The van der Waals surface area contributed by atoms with Gasteiger partial charge < -0.3 is 9.73 Å². The lowest BCUT2D eigenvalue weighted by atomic mass is 9.94. The molecular formula is C55H35N3OS. The largest absolute Gasteiger partial charge is 0.456 e. The predicted octanol–water partition coefficient (Wildman–Crippen LogP) is 14.6. The van der Waals surface area contributed by atoms with E-state index >= 15 is 0 Å². The minimum Gasteiger partial charge on any atom is -0.456 e. The van der Waals surface area contributed by atoms with Gasteiger partial charge in [-0.25, -0.2) is 9.98 Å². The first-order chi connectivity index (χ1) is 29.7. The molecule has 1 aliphatic rings. The standard InChI is InChI=1S/C55H35N3OS/c1-3-14-34(15-4-1)36-19-11-20-38(30-36)53-56-54(39-28-29-45-44-22-9-10-27-49(44)59-50(45)33-39)58-55(57-53)48-32-40(31-37-18-7-8-21-41(37)48)43-24-13-26-47-46-25-12-23-42(51(46)60-52(43)47)35-16-5-2-6-17-35/h1-33,55H,(H,56,57,58). The lowest BCUT2D eigenvalue weighted by Crippen LogP contribution is -2.33. The third kappa shape index (κ3) is 5.82. The van der Waals surface area contributed by atoms with Gasteiger partial charge in [0.25, 0.3) is 0 Å². The molecule has 1 N–H and O–H groups in total. The third-order valence-corrected chi connectivity index (χ3v) is 13.0. The summed E-state index contributed by atoms with van der Waals surface area (Å²) in [4.78, 5) is 10.7. The molecule has 0 amide bonds. The number of fused-ring (bicyclic) bond motifs is 7. The van der Waals surface area contributed by atoms with Gasteiger partial charge in [0, 0.05) is 47.6 Å². The van der Waals surface area contributed by atoms with Crippen LogP contribution in [0.4, 0.5) is 0 Å². The number of hydrogen-bond donors (Lipinski definition) is 1. The van der Waals surface area contributed by atoms with Gasteiger partial charge in [0.05, 0.1) is 0 Å². The average Bonchev–Trinajstić information content (AvgIpc) is 3.90. The second-order valence-electron chi connectivity index (χ2n) is 15.3. The van der Waals surface area contributed by atoms with E-state index in [0.29, 0.717) is 5.84 Å². The van der Waals surface area contributed by atoms with E-state index in [0.717, 1.165) is 71.9 Å². The van der Waals surface area contributed by atoms with Gasteiger partial charge in [-0.15, -0.1) is 11.3 Å².